The molecule has 1 heterocycles. The molecule has 2 aliphatic rings. The van der Waals surface area contributed by atoms with E-state index in [9.17, 15) is 14.4 Å². The van der Waals surface area contributed by atoms with Crippen molar-refractivity contribution in [2.45, 2.75) is 12.8 Å². The SMILES string of the molecule is CC1=NOC(=O)C1C(c1ccccc1)C1C(=O)c2ccccc2C1=O. The van der Waals surface area contributed by atoms with Crippen molar-refractivity contribution in [3.05, 3.63) is 71.3 Å². The molecule has 4 rings (SSSR count). The Bertz CT molecular complexity index is 881. The molecule has 2 unspecified atom stereocenters. The van der Waals surface area contributed by atoms with Gasteiger partial charge in [0.25, 0.3) is 0 Å². The Morgan fingerprint density at radius 3 is 1.92 bits per heavy atom. The lowest BCUT2D eigenvalue weighted by Crippen LogP contribution is -2.35. The summed E-state index contributed by atoms with van der Waals surface area (Å²) < 4.78 is 0. The standard InChI is InChI=1S/C20H15NO4/c1-11-15(20(24)25-21-11)16(12-7-3-2-4-8-12)17-18(22)13-9-5-6-10-14(13)19(17)23/h2-10,15-17H,1H3. The minimum absolute atomic E-state index is 0.248. The summed E-state index contributed by atoms with van der Waals surface area (Å²) in [6.45, 7) is 1.68. The molecule has 1 aliphatic heterocycles. The van der Waals surface area contributed by atoms with E-state index in [0.29, 0.717) is 16.8 Å². The summed E-state index contributed by atoms with van der Waals surface area (Å²) in [6, 6.07) is 15.9. The molecule has 0 bridgehead atoms. The van der Waals surface area contributed by atoms with Crippen molar-refractivity contribution in [1.29, 1.82) is 0 Å². The second kappa shape index (κ2) is 5.77. The number of Topliss-reactive ketones (excluding diaryl/α,β-unsaturated/α-hetero) is 2. The first-order valence-corrected chi connectivity index (χ1v) is 8.07. The Hall–Kier alpha value is -3.08. The van der Waals surface area contributed by atoms with Gasteiger partial charge >= 0.3 is 5.97 Å². The van der Waals surface area contributed by atoms with Crippen LogP contribution in [0.5, 0.6) is 0 Å². The van der Waals surface area contributed by atoms with Gasteiger partial charge < -0.3 is 4.84 Å². The Morgan fingerprint density at radius 1 is 0.840 bits per heavy atom. The summed E-state index contributed by atoms with van der Waals surface area (Å²) in [7, 11) is 0. The van der Waals surface area contributed by atoms with Crippen molar-refractivity contribution in [3.63, 3.8) is 0 Å². The summed E-state index contributed by atoms with van der Waals surface area (Å²) in [4.78, 5) is 43.1. The lowest BCUT2D eigenvalue weighted by atomic mass is 9.73. The third-order valence-corrected chi connectivity index (χ3v) is 4.91. The summed E-state index contributed by atoms with van der Waals surface area (Å²) in [5.41, 5.74) is 2.06. The average Bonchev–Trinajstić information content (AvgIpc) is 3.09. The highest BCUT2D eigenvalue weighted by molar-refractivity contribution is 6.27. The summed E-state index contributed by atoms with van der Waals surface area (Å²) in [5.74, 6) is -3.34. The monoisotopic (exact) mass is 333 g/mol. The maximum absolute atomic E-state index is 13.0. The fourth-order valence-corrected chi connectivity index (χ4v) is 3.75. The van der Waals surface area contributed by atoms with Crippen LogP contribution < -0.4 is 0 Å². The van der Waals surface area contributed by atoms with E-state index in [-0.39, 0.29) is 11.6 Å². The van der Waals surface area contributed by atoms with Gasteiger partial charge in [0.15, 0.2) is 11.6 Å². The van der Waals surface area contributed by atoms with Crippen LogP contribution in [-0.2, 0) is 9.63 Å². The predicted octanol–water partition coefficient (Wildman–Crippen LogP) is 3.01. The van der Waals surface area contributed by atoms with Crippen molar-refractivity contribution in [3.8, 4) is 0 Å². The van der Waals surface area contributed by atoms with Crippen molar-refractivity contribution in [2.75, 3.05) is 0 Å². The fourth-order valence-electron chi connectivity index (χ4n) is 3.75. The van der Waals surface area contributed by atoms with Gasteiger partial charge in [-0.25, -0.2) is 4.79 Å². The normalized spacial score (nSPS) is 21.1. The Kier molecular flexibility index (Phi) is 3.57. The number of hydrogen-bond donors (Lipinski definition) is 0. The quantitative estimate of drug-likeness (QED) is 0.639. The number of oxime groups is 1. The minimum Gasteiger partial charge on any atom is -0.318 e. The highest BCUT2D eigenvalue weighted by Crippen LogP contribution is 2.42. The van der Waals surface area contributed by atoms with E-state index in [4.69, 9.17) is 4.84 Å². The topological polar surface area (TPSA) is 72.8 Å². The number of benzene rings is 2. The third-order valence-electron chi connectivity index (χ3n) is 4.91. The Morgan fingerprint density at radius 2 is 1.40 bits per heavy atom. The number of carbonyl (C=O) groups excluding carboxylic acids is 3. The molecule has 5 nitrogen and oxygen atoms in total. The molecular formula is C20H15NO4. The van der Waals surface area contributed by atoms with E-state index in [1.165, 1.54) is 0 Å². The van der Waals surface area contributed by atoms with Gasteiger partial charge in [0, 0.05) is 17.0 Å². The van der Waals surface area contributed by atoms with Crippen LogP contribution in [0.3, 0.4) is 0 Å². The number of rotatable bonds is 3. The molecule has 0 saturated carbocycles. The van der Waals surface area contributed by atoms with E-state index in [0.717, 1.165) is 5.56 Å². The zero-order valence-electron chi connectivity index (χ0n) is 13.5. The van der Waals surface area contributed by atoms with Gasteiger partial charge in [-0.2, -0.15) is 0 Å². The lowest BCUT2D eigenvalue weighted by Gasteiger charge is -2.25. The highest BCUT2D eigenvalue weighted by atomic mass is 16.7. The molecule has 0 saturated heterocycles. The van der Waals surface area contributed by atoms with Crippen LogP contribution in [0.25, 0.3) is 0 Å². The van der Waals surface area contributed by atoms with E-state index in [1.807, 2.05) is 30.3 Å². The number of hydrogen-bond acceptors (Lipinski definition) is 5. The van der Waals surface area contributed by atoms with Gasteiger partial charge in [0.2, 0.25) is 0 Å². The molecule has 0 radical (unpaired) electrons. The van der Waals surface area contributed by atoms with Gasteiger partial charge in [-0.1, -0.05) is 59.8 Å². The van der Waals surface area contributed by atoms with Crippen LogP contribution in [0, 0.1) is 11.8 Å². The number of carbonyl (C=O) groups is 3. The van der Waals surface area contributed by atoms with E-state index < -0.39 is 23.7 Å². The molecule has 2 aromatic carbocycles. The molecule has 0 amide bonds. The Balaban J connectivity index is 1.86. The number of ketones is 2. The van der Waals surface area contributed by atoms with E-state index >= 15 is 0 Å². The molecule has 0 spiro atoms. The molecule has 0 fully saturated rings. The maximum atomic E-state index is 13.0. The third kappa shape index (κ3) is 2.31. The van der Waals surface area contributed by atoms with Gasteiger partial charge in [0.05, 0.1) is 11.6 Å². The van der Waals surface area contributed by atoms with Crippen molar-refractivity contribution in [2.24, 2.45) is 17.0 Å². The molecule has 0 N–H and O–H groups in total. The maximum Gasteiger partial charge on any atom is 0.344 e. The molecule has 5 heteroatoms. The number of fused-ring (bicyclic) bond motifs is 1. The first-order valence-electron chi connectivity index (χ1n) is 8.07. The summed E-state index contributed by atoms with van der Waals surface area (Å²) >= 11 is 0. The zero-order chi connectivity index (χ0) is 17.6. The zero-order valence-corrected chi connectivity index (χ0v) is 13.5. The first-order chi connectivity index (χ1) is 12.1. The largest absolute Gasteiger partial charge is 0.344 e. The lowest BCUT2D eigenvalue weighted by molar-refractivity contribution is -0.144. The van der Waals surface area contributed by atoms with Crippen molar-refractivity contribution >= 4 is 23.2 Å². The van der Waals surface area contributed by atoms with Crippen molar-refractivity contribution in [1.82, 2.24) is 0 Å². The van der Waals surface area contributed by atoms with Crippen LogP contribution in [0.15, 0.2) is 59.8 Å². The predicted molar refractivity (Wildman–Crippen MR) is 90.5 cm³/mol. The molecule has 25 heavy (non-hydrogen) atoms. The molecule has 0 aromatic heterocycles. The average molecular weight is 333 g/mol. The van der Waals surface area contributed by atoms with Crippen LogP contribution in [0.1, 0.15) is 39.1 Å². The smallest absolute Gasteiger partial charge is 0.318 e. The van der Waals surface area contributed by atoms with Crippen LogP contribution in [0.4, 0.5) is 0 Å². The summed E-state index contributed by atoms with van der Waals surface area (Å²) in [5, 5.41) is 3.76. The van der Waals surface area contributed by atoms with Crippen LogP contribution >= 0.6 is 0 Å². The Labute approximate surface area is 144 Å². The van der Waals surface area contributed by atoms with E-state index in [2.05, 4.69) is 5.16 Å². The number of nitrogens with zero attached hydrogens (tertiary/aromatic N) is 1. The minimum atomic E-state index is -0.944. The molecule has 2 atom stereocenters. The molecular weight excluding hydrogens is 318 g/mol. The second-order valence-electron chi connectivity index (χ2n) is 6.31. The molecule has 124 valence electrons. The molecule has 2 aromatic rings. The first kappa shape index (κ1) is 15.4. The van der Waals surface area contributed by atoms with Crippen molar-refractivity contribution < 1.29 is 19.2 Å². The van der Waals surface area contributed by atoms with Gasteiger partial charge in [-0.3, -0.25) is 9.59 Å². The highest BCUT2D eigenvalue weighted by Gasteiger charge is 2.50. The van der Waals surface area contributed by atoms with Gasteiger partial charge in [0.1, 0.15) is 5.92 Å². The van der Waals surface area contributed by atoms with E-state index in [1.54, 1.807) is 31.2 Å². The summed E-state index contributed by atoms with van der Waals surface area (Å²) in [6.07, 6.45) is 0. The van der Waals surface area contributed by atoms with Gasteiger partial charge in [-0.15, -0.1) is 0 Å². The fraction of sp³-hybridized carbons (Fsp3) is 0.200. The van der Waals surface area contributed by atoms with Crippen LogP contribution in [0.2, 0.25) is 0 Å². The molecule has 1 aliphatic carbocycles. The second-order valence-corrected chi connectivity index (χ2v) is 6.31. The van der Waals surface area contributed by atoms with Gasteiger partial charge in [-0.05, 0) is 12.5 Å². The van der Waals surface area contributed by atoms with Crippen LogP contribution in [-0.4, -0.2) is 23.2 Å².